The van der Waals surface area contributed by atoms with Crippen molar-refractivity contribution in [2.75, 3.05) is 44.0 Å². The number of aryl methyl sites for hydroxylation is 1. The largest absolute Gasteiger partial charge is 0.379 e. The molecule has 2 saturated heterocycles. The third-order valence-electron chi connectivity index (χ3n) is 7.31. The predicted octanol–water partition coefficient (Wildman–Crippen LogP) is 4.77. The van der Waals surface area contributed by atoms with Gasteiger partial charge in [-0.25, -0.2) is 0 Å². The molecule has 3 heterocycles. The van der Waals surface area contributed by atoms with Crippen LogP contribution < -0.4 is 4.90 Å². The number of anilines is 1. The van der Waals surface area contributed by atoms with Crippen molar-refractivity contribution in [3.63, 3.8) is 0 Å². The number of carbonyl (C=O) groups is 1. The Balaban J connectivity index is 1.47. The molecule has 0 amide bonds. The Morgan fingerprint density at radius 3 is 2.61 bits per heavy atom. The first-order valence-electron chi connectivity index (χ1n) is 17.9. The second kappa shape index (κ2) is 8.76. The van der Waals surface area contributed by atoms with E-state index in [0.717, 1.165) is 4.90 Å². The lowest BCUT2D eigenvalue weighted by Crippen LogP contribution is -2.49. The Morgan fingerprint density at radius 2 is 1.92 bits per heavy atom. The number of nitrogens with one attached hydrogen (secondary N) is 1. The molecule has 0 unspecified atom stereocenters. The van der Waals surface area contributed by atoms with Gasteiger partial charge in [-0.3, -0.25) is 9.69 Å². The summed E-state index contributed by atoms with van der Waals surface area (Å²) >= 11 is 0. The number of H-pyrrole nitrogens is 1. The SMILES string of the molecule is [2H]C1([2H])CC(N2C([2H])([2H])C([2H])([2H])OC([2H])([2H])C2([2H])[2H])CC([2H])([2H])N1c1cc2c(cc1CC)C(=O)c1c([nH]c3cc(C#N)ccc13)C2(C)C. The Morgan fingerprint density at radius 1 is 1.17 bits per heavy atom. The summed E-state index contributed by atoms with van der Waals surface area (Å²) in [5.74, 6) is -0.276. The molecule has 1 aliphatic carbocycles. The highest BCUT2D eigenvalue weighted by Crippen LogP contribution is 2.46. The van der Waals surface area contributed by atoms with Crippen molar-refractivity contribution in [3.8, 4) is 6.07 Å². The number of nitrogens with zero attached hydrogens (tertiary/aromatic N) is 3. The smallest absolute Gasteiger partial charge is 0.195 e. The molecule has 2 fully saturated rings. The zero-order chi connectivity index (χ0) is 35.8. The second-order valence-electron chi connectivity index (χ2n) is 9.69. The van der Waals surface area contributed by atoms with Gasteiger partial charge in [0.2, 0.25) is 0 Å². The lowest BCUT2D eigenvalue weighted by molar-refractivity contribution is 0.0115. The summed E-state index contributed by atoms with van der Waals surface area (Å²) in [6.45, 7) is -13.0. The highest BCUT2D eigenvalue weighted by molar-refractivity contribution is 6.20. The van der Waals surface area contributed by atoms with Gasteiger partial charge in [-0.1, -0.05) is 26.8 Å². The number of morpholine rings is 1. The number of hydrogen-bond acceptors (Lipinski definition) is 5. The zero-order valence-electron chi connectivity index (χ0n) is 32.2. The minimum atomic E-state index is -3.36. The fourth-order valence-electron chi connectivity index (χ4n) is 5.32. The van der Waals surface area contributed by atoms with Crippen LogP contribution in [-0.2, 0) is 16.6 Å². The van der Waals surface area contributed by atoms with Crippen molar-refractivity contribution in [2.45, 2.75) is 51.5 Å². The van der Waals surface area contributed by atoms with Crippen LogP contribution in [0.4, 0.5) is 5.69 Å². The van der Waals surface area contributed by atoms with Crippen molar-refractivity contribution in [3.05, 3.63) is 63.8 Å². The van der Waals surface area contributed by atoms with Gasteiger partial charge >= 0.3 is 0 Å². The lowest BCUT2D eigenvalue weighted by atomic mass is 9.70. The van der Waals surface area contributed by atoms with Gasteiger partial charge in [0, 0.05) is 76.3 Å². The number of aromatic nitrogens is 1. The summed E-state index contributed by atoms with van der Waals surface area (Å²) in [6.07, 6.45) is -1.15. The highest BCUT2D eigenvalue weighted by atomic mass is 16.5. The summed E-state index contributed by atoms with van der Waals surface area (Å²) in [5.41, 5.74) is 2.70. The van der Waals surface area contributed by atoms with Gasteiger partial charge in [-0.2, -0.15) is 5.26 Å². The Bertz CT molecular complexity index is 1870. The molecule has 2 aromatic carbocycles. The molecular weight excluding hydrogens is 448 g/mol. The molecule has 0 bridgehead atoms. The van der Waals surface area contributed by atoms with E-state index < -0.39 is 63.4 Å². The Kier molecular flexibility index (Phi) is 3.26. The monoisotopic (exact) mass is 494 g/mol. The van der Waals surface area contributed by atoms with Gasteiger partial charge in [0.15, 0.2) is 5.78 Å². The molecule has 0 atom stereocenters. The van der Waals surface area contributed by atoms with Crippen LogP contribution >= 0.6 is 0 Å². The van der Waals surface area contributed by atoms with Crippen molar-refractivity contribution < 1.29 is 26.0 Å². The molecule has 6 heteroatoms. The predicted molar refractivity (Wildman–Crippen MR) is 142 cm³/mol. The van der Waals surface area contributed by atoms with E-state index in [9.17, 15) is 10.1 Å². The average molecular weight is 495 g/mol. The third-order valence-corrected chi connectivity index (χ3v) is 7.31. The van der Waals surface area contributed by atoms with E-state index in [2.05, 4.69) is 15.8 Å². The molecule has 186 valence electrons. The first-order chi connectivity index (χ1) is 21.9. The van der Waals surface area contributed by atoms with Gasteiger partial charge in [-0.15, -0.1) is 0 Å². The number of carbonyl (C=O) groups excluding carboxylic acids is 1. The second-order valence-corrected chi connectivity index (χ2v) is 9.69. The van der Waals surface area contributed by atoms with Crippen molar-refractivity contribution in [2.24, 2.45) is 0 Å². The molecule has 0 radical (unpaired) electrons. The van der Waals surface area contributed by atoms with E-state index in [1.54, 1.807) is 37.3 Å². The molecule has 1 N–H and O–H groups in total. The number of hydrogen-bond donors (Lipinski definition) is 1. The lowest BCUT2D eigenvalue weighted by Gasteiger charge is -2.42. The van der Waals surface area contributed by atoms with Gasteiger partial charge < -0.3 is 14.6 Å². The Hall–Kier alpha value is -3.14. The fourth-order valence-corrected chi connectivity index (χ4v) is 5.32. The van der Waals surface area contributed by atoms with Gasteiger partial charge in [0.25, 0.3) is 0 Å². The molecular formula is C30H34N4O2. The van der Waals surface area contributed by atoms with Crippen molar-refractivity contribution in [1.29, 1.82) is 5.26 Å². The maximum Gasteiger partial charge on any atom is 0.195 e. The topological polar surface area (TPSA) is 72.4 Å². The fraction of sp³-hybridized carbons (Fsp3) is 0.467. The molecule has 2 aliphatic heterocycles. The van der Waals surface area contributed by atoms with E-state index in [0.29, 0.717) is 44.4 Å². The number of ketones is 1. The number of rotatable bonds is 3. The average Bonchev–Trinajstić information content (AvgIpc) is 3.33. The maximum atomic E-state index is 14.1. The summed E-state index contributed by atoms with van der Waals surface area (Å²) in [5, 5.41) is 10.1. The van der Waals surface area contributed by atoms with Gasteiger partial charge in [-0.05, 0) is 54.7 Å². The minimum absolute atomic E-state index is 0.149. The van der Waals surface area contributed by atoms with E-state index in [1.807, 2.05) is 13.8 Å². The standard InChI is InChI=1S/C30H34N4O2/c1-4-20-16-23-24(17-26(20)34-9-7-21(8-10-34)33-11-13-36-14-12-33)30(2,3)29-27(28(23)35)22-6-5-19(18-31)15-25(22)32-29/h5-6,15-17,21,32H,4,7-14H2,1-3H3/i9D2,10D2,11D2,12D2,13D2,14D2. The van der Waals surface area contributed by atoms with E-state index >= 15 is 0 Å². The number of benzene rings is 2. The number of nitriles is 1. The first-order valence-corrected chi connectivity index (χ1v) is 11.9. The summed E-state index contributed by atoms with van der Waals surface area (Å²) in [7, 11) is 0. The summed E-state index contributed by atoms with van der Waals surface area (Å²) in [4.78, 5) is 18.6. The highest BCUT2D eigenvalue weighted by Gasteiger charge is 2.40. The normalized spacial score (nSPS) is 33.6. The van der Waals surface area contributed by atoms with Crippen LogP contribution in [0.15, 0.2) is 30.3 Å². The third kappa shape index (κ3) is 3.56. The summed E-state index contributed by atoms with van der Waals surface area (Å²) < 4.78 is 107. The zero-order valence-corrected chi connectivity index (χ0v) is 20.2. The van der Waals surface area contributed by atoms with Crippen molar-refractivity contribution in [1.82, 2.24) is 9.88 Å². The van der Waals surface area contributed by atoms with Crippen LogP contribution in [0.5, 0.6) is 0 Å². The van der Waals surface area contributed by atoms with E-state index in [-0.39, 0.29) is 22.8 Å². The summed E-state index contributed by atoms with van der Waals surface area (Å²) in [6, 6.07) is 8.71. The van der Waals surface area contributed by atoms with Crippen LogP contribution in [0.3, 0.4) is 0 Å². The quantitative estimate of drug-likeness (QED) is 0.568. The number of fused-ring (bicyclic) bond motifs is 4. The molecule has 6 rings (SSSR count). The molecule has 6 nitrogen and oxygen atoms in total. The number of piperidine rings is 1. The van der Waals surface area contributed by atoms with Gasteiger partial charge in [0.05, 0.1) is 35.8 Å². The molecule has 36 heavy (non-hydrogen) atoms. The van der Waals surface area contributed by atoms with Crippen LogP contribution in [0.25, 0.3) is 10.9 Å². The van der Waals surface area contributed by atoms with Crippen LogP contribution in [0, 0.1) is 11.3 Å². The number of aromatic amines is 1. The van der Waals surface area contributed by atoms with Crippen LogP contribution in [-0.4, -0.2) is 60.8 Å². The Labute approximate surface area is 229 Å². The first kappa shape index (κ1) is 13.4. The molecule has 0 spiro atoms. The van der Waals surface area contributed by atoms with Gasteiger partial charge in [0.1, 0.15) is 0 Å². The molecule has 3 aromatic rings. The van der Waals surface area contributed by atoms with Crippen LogP contribution in [0.2, 0.25) is 0 Å². The van der Waals surface area contributed by atoms with E-state index in [1.165, 1.54) is 0 Å². The van der Waals surface area contributed by atoms with Crippen LogP contribution in [0.1, 0.15) is 88.4 Å². The van der Waals surface area contributed by atoms with Crippen molar-refractivity contribution >= 4 is 22.4 Å². The minimum Gasteiger partial charge on any atom is -0.379 e. The maximum absolute atomic E-state index is 14.1. The molecule has 3 aliphatic rings. The van der Waals surface area contributed by atoms with E-state index in [4.69, 9.17) is 16.4 Å². The molecule has 1 aromatic heterocycles. The molecule has 0 saturated carbocycles. The number of ether oxygens (including phenoxy) is 1.